The smallest absolute Gasteiger partial charge is 0.305 e. The van der Waals surface area contributed by atoms with Gasteiger partial charge in [-0.15, -0.1) is 0 Å². The number of carbonyl (C=O) groups excluding carboxylic acids is 2. The predicted molar refractivity (Wildman–Crippen MR) is 292 cm³/mol. The molecule has 6 heteroatoms. The van der Waals surface area contributed by atoms with E-state index in [9.17, 15) is 19.8 Å². The molecule has 0 aromatic rings. The zero-order chi connectivity index (χ0) is 48.6. The SMILES string of the molecule is CCCCCCCCCCCCCCCC(O)C(CO)NC(=O)CCCCCCCCCCC/C=C\C/C=C\CCCCCCCCCCCOC(=O)CCCCCCCCCCCCCC. The summed E-state index contributed by atoms with van der Waals surface area (Å²) in [6.45, 7) is 4.96. The van der Waals surface area contributed by atoms with Gasteiger partial charge in [0.2, 0.25) is 5.91 Å². The lowest BCUT2D eigenvalue weighted by atomic mass is 10.0. The summed E-state index contributed by atoms with van der Waals surface area (Å²) in [5.41, 5.74) is 0. The average molecular weight is 945 g/mol. The highest BCUT2D eigenvalue weighted by Crippen LogP contribution is 2.17. The molecule has 0 aromatic heterocycles. The molecule has 0 spiro atoms. The molecule has 0 aliphatic heterocycles. The van der Waals surface area contributed by atoms with Crippen LogP contribution in [0.1, 0.15) is 328 Å². The molecule has 0 radical (unpaired) electrons. The van der Waals surface area contributed by atoms with E-state index in [1.54, 1.807) is 0 Å². The van der Waals surface area contributed by atoms with Gasteiger partial charge in [-0.25, -0.2) is 0 Å². The number of unbranched alkanes of at least 4 members (excludes halogenated alkanes) is 41. The van der Waals surface area contributed by atoms with E-state index in [0.29, 0.717) is 25.9 Å². The predicted octanol–water partition coefficient (Wildman–Crippen LogP) is 18.6. The van der Waals surface area contributed by atoms with Gasteiger partial charge in [-0.2, -0.15) is 0 Å². The van der Waals surface area contributed by atoms with E-state index < -0.39 is 12.1 Å². The van der Waals surface area contributed by atoms with E-state index in [1.807, 2.05) is 0 Å². The quantitative estimate of drug-likeness (QED) is 0.0321. The normalized spacial score (nSPS) is 12.7. The minimum Gasteiger partial charge on any atom is -0.466 e. The lowest BCUT2D eigenvalue weighted by molar-refractivity contribution is -0.143. The number of allylic oxidation sites excluding steroid dienone is 4. The number of hydrogen-bond donors (Lipinski definition) is 3. The highest BCUT2D eigenvalue weighted by molar-refractivity contribution is 5.76. The molecule has 0 aliphatic rings. The second-order valence-electron chi connectivity index (χ2n) is 20.7. The van der Waals surface area contributed by atoms with E-state index in [4.69, 9.17) is 4.74 Å². The molecule has 396 valence electrons. The van der Waals surface area contributed by atoms with Crippen molar-refractivity contribution in [1.82, 2.24) is 5.32 Å². The van der Waals surface area contributed by atoms with Crippen LogP contribution in [0, 0.1) is 0 Å². The monoisotopic (exact) mass is 944 g/mol. The van der Waals surface area contributed by atoms with E-state index in [-0.39, 0.29) is 18.5 Å². The van der Waals surface area contributed by atoms with Gasteiger partial charge in [-0.05, 0) is 57.8 Å². The minimum absolute atomic E-state index is 0.00984. The molecule has 0 saturated heterocycles. The van der Waals surface area contributed by atoms with Crippen LogP contribution in [0.3, 0.4) is 0 Å². The number of ether oxygens (including phenoxy) is 1. The van der Waals surface area contributed by atoms with Gasteiger partial charge in [-0.3, -0.25) is 9.59 Å². The Morgan fingerprint density at radius 3 is 1.13 bits per heavy atom. The van der Waals surface area contributed by atoms with E-state index in [2.05, 4.69) is 43.5 Å². The number of esters is 1. The van der Waals surface area contributed by atoms with Crippen LogP contribution in [-0.2, 0) is 14.3 Å². The van der Waals surface area contributed by atoms with Crippen molar-refractivity contribution in [3.05, 3.63) is 24.3 Å². The van der Waals surface area contributed by atoms with Gasteiger partial charge < -0.3 is 20.3 Å². The highest BCUT2D eigenvalue weighted by Gasteiger charge is 2.20. The summed E-state index contributed by atoms with van der Waals surface area (Å²) in [7, 11) is 0. The second-order valence-corrected chi connectivity index (χ2v) is 20.7. The topological polar surface area (TPSA) is 95.9 Å². The Hall–Kier alpha value is -1.66. The number of aliphatic hydroxyl groups excluding tert-OH is 2. The Balaban J connectivity index is 3.42. The molecular formula is C61H117NO5. The molecular weight excluding hydrogens is 827 g/mol. The van der Waals surface area contributed by atoms with Gasteiger partial charge in [0.05, 0.1) is 25.4 Å². The number of rotatable bonds is 56. The molecule has 0 rings (SSSR count). The molecule has 1 amide bonds. The maximum atomic E-state index is 12.5. The summed E-state index contributed by atoms with van der Waals surface area (Å²) < 4.78 is 5.47. The lowest BCUT2D eigenvalue weighted by Crippen LogP contribution is -2.45. The first-order valence-electron chi connectivity index (χ1n) is 30.1. The Kier molecular flexibility index (Phi) is 55.5. The zero-order valence-electron chi connectivity index (χ0n) is 45.1. The summed E-state index contributed by atoms with van der Waals surface area (Å²) in [5.74, 6) is -0.0304. The average Bonchev–Trinajstić information content (AvgIpc) is 3.33. The molecule has 0 heterocycles. The molecule has 0 aromatic carbocycles. The van der Waals surface area contributed by atoms with Gasteiger partial charge >= 0.3 is 5.97 Å². The van der Waals surface area contributed by atoms with Crippen LogP contribution < -0.4 is 5.32 Å². The fourth-order valence-electron chi connectivity index (χ4n) is 9.38. The van der Waals surface area contributed by atoms with Crippen LogP contribution in [0.2, 0.25) is 0 Å². The van der Waals surface area contributed by atoms with Crippen molar-refractivity contribution >= 4 is 11.9 Å². The molecule has 6 nitrogen and oxygen atoms in total. The van der Waals surface area contributed by atoms with Crippen LogP contribution >= 0.6 is 0 Å². The molecule has 0 saturated carbocycles. The van der Waals surface area contributed by atoms with Gasteiger partial charge in [0.1, 0.15) is 0 Å². The Morgan fingerprint density at radius 1 is 0.418 bits per heavy atom. The van der Waals surface area contributed by atoms with Crippen LogP contribution in [0.5, 0.6) is 0 Å². The Labute approximate surface area is 418 Å². The maximum Gasteiger partial charge on any atom is 0.305 e. The molecule has 3 N–H and O–H groups in total. The first kappa shape index (κ1) is 65.3. The van der Waals surface area contributed by atoms with Crippen molar-refractivity contribution < 1.29 is 24.5 Å². The molecule has 0 fully saturated rings. The minimum atomic E-state index is -0.667. The molecule has 67 heavy (non-hydrogen) atoms. The molecule has 0 aliphatic carbocycles. The fourth-order valence-corrected chi connectivity index (χ4v) is 9.38. The third-order valence-electron chi connectivity index (χ3n) is 14.0. The third-order valence-corrected chi connectivity index (χ3v) is 14.0. The van der Waals surface area contributed by atoms with Crippen molar-refractivity contribution in [1.29, 1.82) is 0 Å². The standard InChI is InChI=1S/C61H117NO5/c1-3-5-7-9-11-13-15-30-33-37-41-45-49-53-59(64)58(57-63)62-60(65)54-50-46-42-38-34-31-28-26-24-22-20-18-17-19-21-23-25-27-29-32-36-40-44-48-52-56-67-61(66)55-51-47-43-39-35-16-14-12-10-8-6-4-2/h18-21,58-59,63-64H,3-17,22-57H2,1-2H3,(H,62,65)/b20-18-,21-19-. The van der Waals surface area contributed by atoms with Crippen molar-refractivity contribution in [2.24, 2.45) is 0 Å². The van der Waals surface area contributed by atoms with Crippen molar-refractivity contribution in [2.75, 3.05) is 13.2 Å². The zero-order valence-corrected chi connectivity index (χ0v) is 45.1. The van der Waals surface area contributed by atoms with Crippen LogP contribution in [0.4, 0.5) is 0 Å². The first-order valence-corrected chi connectivity index (χ1v) is 30.1. The summed E-state index contributed by atoms with van der Waals surface area (Å²) >= 11 is 0. The number of nitrogens with one attached hydrogen (secondary N) is 1. The highest BCUT2D eigenvalue weighted by atomic mass is 16.5. The number of hydrogen-bond acceptors (Lipinski definition) is 5. The number of amides is 1. The summed E-state index contributed by atoms with van der Waals surface area (Å²) in [5, 5.41) is 23.2. The molecule has 0 bridgehead atoms. The number of aliphatic hydroxyl groups is 2. The maximum absolute atomic E-state index is 12.5. The van der Waals surface area contributed by atoms with Gasteiger partial charge in [0.15, 0.2) is 0 Å². The van der Waals surface area contributed by atoms with Crippen LogP contribution in [0.15, 0.2) is 24.3 Å². The lowest BCUT2D eigenvalue weighted by Gasteiger charge is -2.22. The van der Waals surface area contributed by atoms with Crippen LogP contribution in [0.25, 0.3) is 0 Å². The molecule has 2 atom stereocenters. The van der Waals surface area contributed by atoms with Gasteiger partial charge in [0.25, 0.3) is 0 Å². The van der Waals surface area contributed by atoms with Crippen molar-refractivity contribution in [3.8, 4) is 0 Å². The van der Waals surface area contributed by atoms with Gasteiger partial charge in [-0.1, -0.05) is 282 Å². The molecule has 2 unspecified atom stereocenters. The Morgan fingerprint density at radius 2 is 0.746 bits per heavy atom. The fraction of sp³-hybridized carbons (Fsp3) is 0.902. The summed E-state index contributed by atoms with van der Waals surface area (Å²) in [6, 6.07) is -0.545. The van der Waals surface area contributed by atoms with E-state index in [1.165, 1.54) is 250 Å². The summed E-state index contributed by atoms with van der Waals surface area (Å²) in [6.07, 6.45) is 69.0. The third kappa shape index (κ3) is 53.5. The van der Waals surface area contributed by atoms with E-state index in [0.717, 1.165) is 44.9 Å². The van der Waals surface area contributed by atoms with E-state index >= 15 is 0 Å². The Bertz CT molecular complexity index is 1040. The first-order chi connectivity index (χ1) is 33.0. The van der Waals surface area contributed by atoms with Crippen molar-refractivity contribution in [3.63, 3.8) is 0 Å². The van der Waals surface area contributed by atoms with Gasteiger partial charge in [0, 0.05) is 12.8 Å². The number of carbonyl (C=O) groups is 2. The second kappa shape index (κ2) is 56.9. The van der Waals surface area contributed by atoms with Crippen LogP contribution in [-0.4, -0.2) is 47.4 Å². The largest absolute Gasteiger partial charge is 0.466 e. The van der Waals surface area contributed by atoms with Crippen molar-refractivity contribution in [2.45, 2.75) is 341 Å². The summed E-state index contributed by atoms with van der Waals surface area (Å²) in [4.78, 5) is 24.5.